The Balaban J connectivity index is 1.75. The molecule has 0 aliphatic carbocycles. The number of rotatable bonds is 6. The van der Waals surface area contributed by atoms with Crippen LogP contribution in [0, 0.1) is 0 Å². The minimum Gasteiger partial charge on any atom is -0.480 e. The van der Waals surface area contributed by atoms with Gasteiger partial charge in [0.2, 0.25) is 0 Å². The predicted octanol–water partition coefficient (Wildman–Crippen LogP) is 5.09. The molecule has 0 unspecified atom stereocenters. The Hall–Kier alpha value is -2.82. The van der Waals surface area contributed by atoms with Gasteiger partial charge in [0.25, 0.3) is 5.91 Å². The van der Waals surface area contributed by atoms with Crippen molar-refractivity contribution in [2.75, 3.05) is 0 Å². The number of nitrogens with one attached hydrogen (secondary N) is 1. The highest BCUT2D eigenvalue weighted by molar-refractivity contribution is 6.36. The van der Waals surface area contributed by atoms with Crippen molar-refractivity contribution in [1.82, 2.24) is 5.32 Å². The summed E-state index contributed by atoms with van der Waals surface area (Å²) >= 11 is 12.2. The summed E-state index contributed by atoms with van der Waals surface area (Å²) in [6, 6.07) is 20.5. The number of carbonyl (C=O) groups is 2. The molecular formula is C22H17Cl2NO3. The Morgan fingerprint density at radius 2 is 1.39 bits per heavy atom. The van der Waals surface area contributed by atoms with Gasteiger partial charge >= 0.3 is 5.97 Å². The first-order valence-electron chi connectivity index (χ1n) is 8.58. The van der Waals surface area contributed by atoms with Crippen LogP contribution in [0.3, 0.4) is 0 Å². The smallest absolute Gasteiger partial charge is 0.326 e. The lowest BCUT2D eigenvalue weighted by atomic mass is 10.0. The lowest BCUT2D eigenvalue weighted by Gasteiger charge is -2.16. The van der Waals surface area contributed by atoms with Gasteiger partial charge in [-0.15, -0.1) is 0 Å². The summed E-state index contributed by atoms with van der Waals surface area (Å²) in [5, 5.41) is 12.8. The van der Waals surface area contributed by atoms with Crippen molar-refractivity contribution in [1.29, 1.82) is 0 Å². The second-order valence-electron chi connectivity index (χ2n) is 6.21. The Morgan fingerprint density at radius 1 is 0.821 bits per heavy atom. The van der Waals surface area contributed by atoms with Gasteiger partial charge < -0.3 is 10.4 Å². The minimum atomic E-state index is -1.16. The second-order valence-corrected chi connectivity index (χ2v) is 7.03. The zero-order chi connectivity index (χ0) is 20.1. The molecule has 0 bridgehead atoms. The molecule has 3 aromatic rings. The molecule has 0 aromatic heterocycles. The van der Waals surface area contributed by atoms with E-state index < -0.39 is 17.9 Å². The first-order chi connectivity index (χ1) is 13.5. The van der Waals surface area contributed by atoms with Crippen LogP contribution in [-0.2, 0) is 11.2 Å². The Labute approximate surface area is 172 Å². The molecule has 0 saturated carbocycles. The molecule has 0 saturated heterocycles. The lowest BCUT2D eigenvalue weighted by Crippen LogP contribution is -2.42. The molecule has 2 N–H and O–H groups in total. The van der Waals surface area contributed by atoms with Crippen LogP contribution >= 0.6 is 23.2 Å². The van der Waals surface area contributed by atoms with Gasteiger partial charge in [-0.05, 0) is 41.0 Å². The molecule has 4 nitrogen and oxygen atoms in total. The molecule has 0 heterocycles. The number of hydrogen-bond donors (Lipinski definition) is 2. The molecule has 28 heavy (non-hydrogen) atoms. The normalized spacial score (nSPS) is 11.6. The highest BCUT2D eigenvalue weighted by Gasteiger charge is 2.23. The van der Waals surface area contributed by atoms with E-state index in [0.717, 1.165) is 11.1 Å². The van der Waals surface area contributed by atoms with Crippen molar-refractivity contribution in [2.24, 2.45) is 0 Å². The van der Waals surface area contributed by atoms with Gasteiger partial charge in [-0.2, -0.15) is 0 Å². The van der Waals surface area contributed by atoms with Gasteiger partial charge in [0.05, 0.1) is 0 Å². The van der Waals surface area contributed by atoms with Gasteiger partial charge in [-0.3, -0.25) is 4.79 Å². The van der Waals surface area contributed by atoms with Crippen LogP contribution in [0.2, 0.25) is 10.0 Å². The zero-order valence-electron chi connectivity index (χ0n) is 14.7. The number of carboxylic acid groups (broad SMARTS) is 1. The van der Waals surface area contributed by atoms with Gasteiger partial charge in [-0.25, -0.2) is 4.79 Å². The van der Waals surface area contributed by atoms with E-state index in [2.05, 4.69) is 5.32 Å². The highest BCUT2D eigenvalue weighted by atomic mass is 35.5. The first kappa shape index (κ1) is 19.9. The van der Waals surface area contributed by atoms with E-state index in [9.17, 15) is 14.7 Å². The zero-order valence-corrected chi connectivity index (χ0v) is 16.2. The van der Waals surface area contributed by atoms with Crippen molar-refractivity contribution < 1.29 is 14.7 Å². The van der Waals surface area contributed by atoms with Crippen LogP contribution in [0.1, 0.15) is 15.9 Å². The van der Waals surface area contributed by atoms with E-state index in [-0.39, 0.29) is 6.42 Å². The third-order valence-corrected chi connectivity index (χ3v) is 5.04. The van der Waals surface area contributed by atoms with E-state index in [1.807, 2.05) is 42.5 Å². The van der Waals surface area contributed by atoms with Crippen LogP contribution in [0.4, 0.5) is 0 Å². The Bertz CT molecular complexity index is 968. The highest BCUT2D eigenvalue weighted by Crippen LogP contribution is 2.26. The summed E-state index contributed by atoms with van der Waals surface area (Å²) in [7, 11) is 0. The van der Waals surface area contributed by atoms with Gasteiger partial charge in [0.15, 0.2) is 0 Å². The number of hydrogen-bond acceptors (Lipinski definition) is 2. The van der Waals surface area contributed by atoms with Gasteiger partial charge in [-0.1, -0.05) is 71.7 Å². The van der Waals surface area contributed by atoms with Crippen LogP contribution in [-0.4, -0.2) is 23.0 Å². The van der Waals surface area contributed by atoms with E-state index in [4.69, 9.17) is 23.2 Å². The van der Waals surface area contributed by atoms with Crippen molar-refractivity contribution in [2.45, 2.75) is 12.5 Å². The number of amides is 1. The molecule has 0 radical (unpaired) electrons. The van der Waals surface area contributed by atoms with Crippen LogP contribution < -0.4 is 5.32 Å². The maximum atomic E-state index is 12.5. The van der Waals surface area contributed by atoms with E-state index in [0.29, 0.717) is 21.2 Å². The van der Waals surface area contributed by atoms with Crippen molar-refractivity contribution in [3.8, 4) is 11.1 Å². The fraction of sp³-hybridized carbons (Fsp3) is 0.0909. The molecule has 0 fully saturated rings. The van der Waals surface area contributed by atoms with Crippen LogP contribution in [0.15, 0.2) is 72.8 Å². The summed E-state index contributed by atoms with van der Waals surface area (Å²) in [5.41, 5.74) is 2.86. The summed E-state index contributed by atoms with van der Waals surface area (Å²) < 4.78 is 0. The fourth-order valence-electron chi connectivity index (χ4n) is 2.82. The second kappa shape index (κ2) is 8.91. The summed E-state index contributed by atoms with van der Waals surface area (Å²) in [6.07, 6.45) is -0.0122. The van der Waals surface area contributed by atoms with E-state index in [1.54, 1.807) is 30.3 Å². The number of carboxylic acids is 1. The minimum absolute atomic E-state index is 0.0122. The molecule has 3 aromatic carbocycles. The van der Waals surface area contributed by atoms with Crippen molar-refractivity contribution in [3.05, 3.63) is 94.0 Å². The third kappa shape index (κ3) is 4.71. The number of halogens is 2. The Kier molecular flexibility index (Phi) is 6.34. The van der Waals surface area contributed by atoms with Crippen molar-refractivity contribution in [3.63, 3.8) is 0 Å². The first-order valence-corrected chi connectivity index (χ1v) is 9.33. The largest absolute Gasteiger partial charge is 0.480 e. The topological polar surface area (TPSA) is 66.4 Å². The fourth-order valence-corrected chi connectivity index (χ4v) is 3.37. The van der Waals surface area contributed by atoms with E-state index >= 15 is 0 Å². The molecule has 1 amide bonds. The SMILES string of the molecule is O=C(N[C@H](Cc1c(Cl)cccc1Cl)C(=O)O)c1ccc(-c2ccccc2)cc1. The van der Waals surface area contributed by atoms with Gasteiger partial charge in [0.1, 0.15) is 6.04 Å². The summed E-state index contributed by atoms with van der Waals surface area (Å²) in [5.74, 6) is -1.64. The third-order valence-electron chi connectivity index (χ3n) is 4.33. The molecule has 142 valence electrons. The molecule has 0 aliphatic heterocycles. The quantitative estimate of drug-likeness (QED) is 0.591. The number of benzene rings is 3. The molecular weight excluding hydrogens is 397 g/mol. The molecule has 0 spiro atoms. The molecule has 3 rings (SSSR count). The van der Waals surface area contributed by atoms with Gasteiger partial charge in [0, 0.05) is 22.0 Å². The molecule has 6 heteroatoms. The van der Waals surface area contributed by atoms with Crippen molar-refractivity contribution >= 4 is 35.1 Å². The predicted molar refractivity (Wildman–Crippen MR) is 111 cm³/mol. The average molecular weight is 414 g/mol. The molecule has 0 aliphatic rings. The Morgan fingerprint density at radius 3 is 1.96 bits per heavy atom. The van der Waals surface area contributed by atoms with Crippen LogP contribution in [0.25, 0.3) is 11.1 Å². The number of aliphatic carboxylic acids is 1. The van der Waals surface area contributed by atoms with E-state index in [1.165, 1.54) is 0 Å². The maximum absolute atomic E-state index is 12.5. The average Bonchev–Trinajstić information content (AvgIpc) is 2.70. The maximum Gasteiger partial charge on any atom is 0.326 e. The lowest BCUT2D eigenvalue weighted by molar-refractivity contribution is -0.139. The summed E-state index contributed by atoms with van der Waals surface area (Å²) in [4.78, 5) is 24.2. The standard InChI is InChI=1S/C22H17Cl2NO3/c23-18-7-4-8-19(24)17(18)13-20(22(27)28)25-21(26)16-11-9-15(10-12-16)14-5-2-1-3-6-14/h1-12,20H,13H2,(H,25,26)(H,27,28)/t20-/m1/s1. The monoisotopic (exact) mass is 413 g/mol. The number of carbonyl (C=O) groups excluding carboxylic acids is 1. The summed E-state index contributed by atoms with van der Waals surface area (Å²) in [6.45, 7) is 0. The molecule has 1 atom stereocenters. The van der Waals surface area contributed by atoms with Crippen LogP contribution in [0.5, 0.6) is 0 Å².